The molecule has 2 aromatic heterocycles. The van der Waals surface area contributed by atoms with Crippen LogP contribution in [0.2, 0.25) is 0 Å². The van der Waals surface area contributed by atoms with E-state index in [1.165, 1.54) is 0 Å². The highest BCUT2D eigenvalue weighted by Gasteiger charge is 2.25. The third-order valence-electron chi connectivity index (χ3n) is 4.02. The third-order valence-corrected chi connectivity index (χ3v) is 4.02. The molecule has 1 atom stereocenters. The van der Waals surface area contributed by atoms with Crippen LogP contribution in [0.5, 0.6) is 0 Å². The van der Waals surface area contributed by atoms with E-state index in [1.807, 2.05) is 0 Å². The van der Waals surface area contributed by atoms with Crippen LogP contribution < -0.4 is 5.32 Å². The first kappa shape index (κ1) is 17.6. The fourth-order valence-corrected chi connectivity index (χ4v) is 2.75. The Morgan fingerprint density at radius 3 is 3.16 bits per heavy atom. The van der Waals surface area contributed by atoms with Crippen LogP contribution >= 0.6 is 0 Å². The number of amides is 1. The molecule has 1 amide bonds. The summed E-state index contributed by atoms with van der Waals surface area (Å²) in [5.41, 5.74) is 0. The average Bonchev–Trinajstić information content (AvgIpc) is 3.23. The number of nitrogens with zero attached hydrogens (tertiary/aromatic N) is 4. The molecule has 3 heterocycles. The van der Waals surface area contributed by atoms with Crippen molar-refractivity contribution < 1.29 is 14.1 Å². The molecule has 0 radical (unpaired) electrons. The summed E-state index contributed by atoms with van der Waals surface area (Å²) in [6.45, 7) is 6.61. The van der Waals surface area contributed by atoms with Gasteiger partial charge in [-0.3, -0.25) is 14.8 Å². The molecule has 0 aromatic carbocycles. The number of anilines is 1. The molecule has 1 saturated heterocycles. The van der Waals surface area contributed by atoms with Gasteiger partial charge in [-0.15, -0.1) is 0 Å². The van der Waals surface area contributed by atoms with E-state index in [0.29, 0.717) is 43.5 Å². The molecule has 0 saturated carbocycles. The van der Waals surface area contributed by atoms with Crippen molar-refractivity contribution in [3.8, 4) is 0 Å². The SMILES string of the molecule is CCCc1nc([C@H]2CN(CCC(=O)Nc3cc(C)on3)CCO2)n[nH]1. The Labute approximate surface area is 146 Å². The van der Waals surface area contributed by atoms with E-state index in [-0.39, 0.29) is 12.0 Å². The van der Waals surface area contributed by atoms with Gasteiger partial charge in [-0.1, -0.05) is 12.1 Å². The predicted octanol–water partition coefficient (Wildman–Crippen LogP) is 1.46. The van der Waals surface area contributed by atoms with Crippen molar-refractivity contribution in [3.05, 3.63) is 23.5 Å². The van der Waals surface area contributed by atoms with Crippen molar-refractivity contribution in [1.29, 1.82) is 0 Å². The van der Waals surface area contributed by atoms with Gasteiger partial charge in [-0.05, 0) is 13.3 Å². The Balaban J connectivity index is 1.47. The molecule has 0 spiro atoms. The normalized spacial score (nSPS) is 18.4. The minimum absolute atomic E-state index is 0.0838. The molecule has 1 fully saturated rings. The maximum absolute atomic E-state index is 12.0. The van der Waals surface area contributed by atoms with Gasteiger partial charge in [0.2, 0.25) is 5.91 Å². The fraction of sp³-hybridized carbons (Fsp3) is 0.625. The molecule has 1 aliphatic rings. The van der Waals surface area contributed by atoms with E-state index in [2.05, 4.69) is 37.5 Å². The molecule has 9 nitrogen and oxygen atoms in total. The lowest BCUT2D eigenvalue weighted by Gasteiger charge is -2.31. The summed E-state index contributed by atoms with van der Waals surface area (Å²) in [6.07, 6.45) is 2.13. The molecule has 2 N–H and O–H groups in total. The highest BCUT2D eigenvalue weighted by Crippen LogP contribution is 2.19. The summed E-state index contributed by atoms with van der Waals surface area (Å²) < 4.78 is 10.7. The van der Waals surface area contributed by atoms with Gasteiger partial charge in [0.25, 0.3) is 0 Å². The van der Waals surface area contributed by atoms with Crippen molar-refractivity contribution in [1.82, 2.24) is 25.2 Å². The number of carbonyl (C=O) groups is 1. The van der Waals surface area contributed by atoms with Crippen molar-refractivity contribution in [3.63, 3.8) is 0 Å². The minimum Gasteiger partial charge on any atom is -0.367 e. The van der Waals surface area contributed by atoms with Crippen molar-refractivity contribution in [2.75, 3.05) is 31.6 Å². The first-order valence-corrected chi connectivity index (χ1v) is 8.62. The summed E-state index contributed by atoms with van der Waals surface area (Å²) in [5.74, 6) is 2.61. The highest BCUT2D eigenvalue weighted by atomic mass is 16.5. The minimum atomic E-state index is -0.156. The summed E-state index contributed by atoms with van der Waals surface area (Å²) in [5, 5.41) is 13.7. The number of H-pyrrole nitrogens is 1. The molecular weight excluding hydrogens is 324 g/mol. The molecule has 1 aliphatic heterocycles. The van der Waals surface area contributed by atoms with Crippen LogP contribution in [0.25, 0.3) is 0 Å². The quantitative estimate of drug-likeness (QED) is 0.779. The summed E-state index contributed by atoms with van der Waals surface area (Å²) in [6, 6.07) is 1.69. The van der Waals surface area contributed by atoms with Gasteiger partial charge >= 0.3 is 0 Å². The average molecular weight is 348 g/mol. The number of rotatable bonds is 7. The van der Waals surface area contributed by atoms with Gasteiger partial charge in [0.05, 0.1) is 6.61 Å². The van der Waals surface area contributed by atoms with Gasteiger partial charge in [-0.25, -0.2) is 4.98 Å². The Kier molecular flexibility index (Phi) is 5.77. The van der Waals surface area contributed by atoms with Crippen molar-refractivity contribution in [2.45, 2.75) is 39.2 Å². The van der Waals surface area contributed by atoms with E-state index < -0.39 is 0 Å². The van der Waals surface area contributed by atoms with E-state index in [9.17, 15) is 4.79 Å². The molecule has 3 rings (SSSR count). The fourth-order valence-electron chi connectivity index (χ4n) is 2.75. The third kappa shape index (κ3) is 4.86. The lowest BCUT2D eigenvalue weighted by atomic mass is 10.2. The van der Waals surface area contributed by atoms with Crippen molar-refractivity contribution in [2.24, 2.45) is 0 Å². The lowest BCUT2D eigenvalue weighted by Crippen LogP contribution is -2.40. The topological polar surface area (TPSA) is 109 Å². The molecule has 136 valence electrons. The van der Waals surface area contributed by atoms with Crippen LogP contribution in [-0.2, 0) is 16.0 Å². The largest absolute Gasteiger partial charge is 0.367 e. The van der Waals surface area contributed by atoms with Gasteiger partial charge in [-0.2, -0.15) is 5.10 Å². The zero-order valence-electron chi connectivity index (χ0n) is 14.6. The number of hydrogen-bond donors (Lipinski definition) is 2. The van der Waals surface area contributed by atoms with Crippen LogP contribution in [0.15, 0.2) is 10.6 Å². The second-order valence-electron chi connectivity index (χ2n) is 6.17. The van der Waals surface area contributed by atoms with Crippen LogP contribution in [0, 0.1) is 6.92 Å². The van der Waals surface area contributed by atoms with Crippen LogP contribution in [0.1, 0.15) is 43.3 Å². The van der Waals surface area contributed by atoms with Gasteiger partial charge in [0, 0.05) is 38.5 Å². The van der Waals surface area contributed by atoms with Gasteiger partial charge in [0.15, 0.2) is 11.6 Å². The summed E-state index contributed by atoms with van der Waals surface area (Å²) >= 11 is 0. The van der Waals surface area contributed by atoms with Gasteiger partial charge in [0.1, 0.15) is 17.7 Å². The second kappa shape index (κ2) is 8.21. The second-order valence-corrected chi connectivity index (χ2v) is 6.17. The maximum Gasteiger partial charge on any atom is 0.226 e. The Bertz CT molecular complexity index is 698. The first-order chi connectivity index (χ1) is 12.1. The summed E-state index contributed by atoms with van der Waals surface area (Å²) in [7, 11) is 0. The number of ether oxygens (including phenoxy) is 1. The highest BCUT2D eigenvalue weighted by molar-refractivity contribution is 5.89. The zero-order chi connectivity index (χ0) is 17.6. The molecule has 0 bridgehead atoms. The number of hydrogen-bond acceptors (Lipinski definition) is 7. The Morgan fingerprint density at radius 2 is 2.40 bits per heavy atom. The van der Waals surface area contributed by atoms with Crippen LogP contribution in [-0.4, -0.2) is 57.4 Å². The van der Waals surface area contributed by atoms with E-state index in [4.69, 9.17) is 9.26 Å². The van der Waals surface area contributed by atoms with Crippen LogP contribution in [0.4, 0.5) is 5.82 Å². The van der Waals surface area contributed by atoms with Crippen LogP contribution in [0.3, 0.4) is 0 Å². The molecule has 2 aromatic rings. The molecular formula is C16H24N6O3. The first-order valence-electron chi connectivity index (χ1n) is 8.62. The maximum atomic E-state index is 12.0. The lowest BCUT2D eigenvalue weighted by molar-refractivity contribution is -0.117. The van der Waals surface area contributed by atoms with Gasteiger partial charge < -0.3 is 14.6 Å². The standard InChI is InChI=1S/C16H24N6O3/c1-3-4-13-18-16(20-19-13)12-10-22(7-8-24-12)6-5-15(23)17-14-9-11(2)25-21-14/h9,12H,3-8,10H2,1-2H3,(H,17,21,23)(H,18,19,20)/t12-/m1/s1. The number of aromatic nitrogens is 4. The Morgan fingerprint density at radius 1 is 1.52 bits per heavy atom. The molecule has 0 unspecified atom stereocenters. The number of carbonyl (C=O) groups excluding carboxylic acids is 1. The van der Waals surface area contributed by atoms with E-state index in [0.717, 1.165) is 25.2 Å². The van der Waals surface area contributed by atoms with E-state index in [1.54, 1.807) is 13.0 Å². The number of aryl methyl sites for hydroxylation is 2. The predicted molar refractivity (Wildman–Crippen MR) is 90.0 cm³/mol. The van der Waals surface area contributed by atoms with Crippen molar-refractivity contribution >= 4 is 11.7 Å². The number of nitrogens with one attached hydrogen (secondary N) is 2. The Hall–Kier alpha value is -2.26. The molecule has 25 heavy (non-hydrogen) atoms. The van der Waals surface area contributed by atoms with E-state index >= 15 is 0 Å². The molecule has 0 aliphatic carbocycles. The molecule has 9 heteroatoms. The number of aromatic amines is 1. The zero-order valence-corrected chi connectivity index (χ0v) is 14.6. The monoisotopic (exact) mass is 348 g/mol. The summed E-state index contributed by atoms with van der Waals surface area (Å²) in [4.78, 5) is 18.7. The smallest absolute Gasteiger partial charge is 0.226 e. The number of morpholine rings is 1.